The Hall–Kier alpha value is -2.08. The van der Waals surface area contributed by atoms with E-state index in [1.165, 1.54) is 36.0 Å². The maximum absolute atomic E-state index is 2.31. The van der Waals surface area contributed by atoms with Crippen LogP contribution >= 0.6 is 0 Å². The fourth-order valence-electron chi connectivity index (χ4n) is 2.47. The van der Waals surface area contributed by atoms with Crippen molar-refractivity contribution in [1.29, 1.82) is 0 Å². The van der Waals surface area contributed by atoms with Crippen LogP contribution in [0.15, 0.2) is 78.4 Å². The standard InChI is InChI=1S/C10H16.C8H10.C7H8/c1-3-9(2)10-7-5-4-6-8-10;1-7-3-5-8(2)6-4-7;1-7-5-3-2-4-6-7/h4-5,7,9H,3,6,8H2,1-2H3;3-6H,1-2H3;2-6H,1H3. The summed E-state index contributed by atoms with van der Waals surface area (Å²) in [6, 6.07) is 18.7. The lowest BCUT2D eigenvalue weighted by Crippen LogP contribution is -1.98. The predicted octanol–water partition coefficient (Wildman–Crippen LogP) is 7.61. The topological polar surface area (TPSA) is 0 Å². The summed E-state index contributed by atoms with van der Waals surface area (Å²) in [4.78, 5) is 0. The molecule has 2 aromatic rings. The van der Waals surface area contributed by atoms with E-state index in [9.17, 15) is 0 Å². The second kappa shape index (κ2) is 12.3. The minimum absolute atomic E-state index is 0.796. The summed E-state index contributed by atoms with van der Waals surface area (Å²) in [5, 5.41) is 0. The van der Waals surface area contributed by atoms with E-state index in [0.29, 0.717) is 0 Å². The molecule has 0 nitrogen and oxygen atoms in total. The molecule has 0 radical (unpaired) electrons. The van der Waals surface area contributed by atoms with Crippen LogP contribution in [-0.2, 0) is 0 Å². The van der Waals surface area contributed by atoms with E-state index < -0.39 is 0 Å². The summed E-state index contributed by atoms with van der Waals surface area (Å²) in [6.45, 7) is 10.8. The van der Waals surface area contributed by atoms with E-state index in [1.807, 2.05) is 18.2 Å². The number of rotatable bonds is 2. The second-order valence-corrected chi connectivity index (χ2v) is 6.83. The summed E-state index contributed by atoms with van der Waals surface area (Å²) in [6.07, 6.45) is 10.5. The normalized spacial score (nSPS) is 13.6. The van der Waals surface area contributed by atoms with E-state index in [2.05, 4.69) is 89.2 Å². The number of hydrogen-bond donors (Lipinski definition) is 0. The molecule has 0 fully saturated rings. The van der Waals surface area contributed by atoms with Gasteiger partial charge in [0.1, 0.15) is 0 Å². The lowest BCUT2D eigenvalue weighted by Gasteiger charge is -2.14. The first kappa shape index (κ1) is 21.0. The quantitative estimate of drug-likeness (QED) is 0.530. The first-order valence-electron chi connectivity index (χ1n) is 9.43. The molecule has 0 N–H and O–H groups in total. The largest absolute Gasteiger partial charge is 0.0842 e. The molecule has 0 spiro atoms. The van der Waals surface area contributed by atoms with Gasteiger partial charge >= 0.3 is 0 Å². The molecule has 2 aromatic carbocycles. The molecule has 0 amide bonds. The Kier molecular flexibility index (Phi) is 10.3. The second-order valence-electron chi connectivity index (χ2n) is 6.83. The minimum Gasteiger partial charge on any atom is -0.0842 e. The van der Waals surface area contributed by atoms with Gasteiger partial charge in [0.25, 0.3) is 0 Å². The van der Waals surface area contributed by atoms with Crippen molar-refractivity contribution in [3.05, 3.63) is 95.1 Å². The molecule has 1 unspecified atom stereocenters. The number of allylic oxidation sites excluding steroid dienone is 4. The van der Waals surface area contributed by atoms with Crippen molar-refractivity contribution < 1.29 is 0 Å². The highest BCUT2D eigenvalue weighted by molar-refractivity contribution is 5.20. The molecule has 134 valence electrons. The van der Waals surface area contributed by atoms with Gasteiger partial charge < -0.3 is 0 Å². The van der Waals surface area contributed by atoms with Crippen LogP contribution < -0.4 is 0 Å². The number of hydrogen-bond acceptors (Lipinski definition) is 0. The first-order chi connectivity index (χ1) is 12.0. The van der Waals surface area contributed by atoms with Gasteiger partial charge in [0.2, 0.25) is 0 Å². The van der Waals surface area contributed by atoms with Gasteiger partial charge in [-0.1, -0.05) is 109 Å². The van der Waals surface area contributed by atoms with E-state index in [4.69, 9.17) is 0 Å². The molecule has 0 saturated carbocycles. The van der Waals surface area contributed by atoms with Crippen LogP contribution in [0.3, 0.4) is 0 Å². The van der Waals surface area contributed by atoms with Crippen molar-refractivity contribution in [2.75, 3.05) is 0 Å². The maximum Gasteiger partial charge on any atom is -0.0231 e. The molecule has 1 atom stereocenters. The monoisotopic (exact) mass is 334 g/mol. The van der Waals surface area contributed by atoms with Crippen LogP contribution in [0.4, 0.5) is 0 Å². The molecule has 3 rings (SSSR count). The van der Waals surface area contributed by atoms with E-state index in [1.54, 1.807) is 5.57 Å². The fraction of sp³-hybridized carbons (Fsp3) is 0.360. The van der Waals surface area contributed by atoms with Crippen LogP contribution in [0, 0.1) is 26.7 Å². The molecule has 0 heteroatoms. The zero-order valence-corrected chi connectivity index (χ0v) is 16.6. The molecule has 0 saturated heterocycles. The van der Waals surface area contributed by atoms with Crippen LogP contribution in [-0.4, -0.2) is 0 Å². The zero-order chi connectivity index (χ0) is 18.5. The van der Waals surface area contributed by atoms with E-state index >= 15 is 0 Å². The van der Waals surface area contributed by atoms with Gasteiger partial charge in [0.05, 0.1) is 0 Å². The van der Waals surface area contributed by atoms with Gasteiger partial charge in [-0.2, -0.15) is 0 Å². The first-order valence-corrected chi connectivity index (χ1v) is 9.43. The van der Waals surface area contributed by atoms with E-state index in [0.717, 1.165) is 5.92 Å². The van der Waals surface area contributed by atoms with Crippen LogP contribution in [0.2, 0.25) is 0 Å². The molecule has 25 heavy (non-hydrogen) atoms. The van der Waals surface area contributed by atoms with Crippen molar-refractivity contribution in [2.24, 2.45) is 5.92 Å². The molecular formula is C25H34. The van der Waals surface area contributed by atoms with Crippen molar-refractivity contribution in [3.8, 4) is 0 Å². The number of benzene rings is 2. The van der Waals surface area contributed by atoms with Crippen molar-refractivity contribution in [2.45, 2.75) is 53.9 Å². The molecule has 0 heterocycles. The zero-order valence-electron chi connectivity index (χ0n) is 16.6. The maximum atomic E-state index is 2.31. The van der Waals surface area contributed by atoms with E-state index in [-0.39, 0.29) is 0 Å². The van der Waals surface area contributed by atoms with Gasteiger partial charge in [-0.3, -0.25) is 0 Å². The molecule has 0 aliphatic heterocycles. The smallest absolute Gasteiger partial charge is 0.0231 e. The third-order valence-electron chi connectivity index (χ3n) is 4.45. The predicted molar refractivity (Wildman–Crippen MR) is 113 cm³/mol. The van der Waals surface area contributed by atoms with Crippen molar-refractivity contribution in [3.63, 3.8) is 0 Å². The Morgan fingerprint density at radius 3 is 1.68 bits per heavy atom. The average Bonchev–Trinajstić information content (AvgIpc) is 2.66. The summed E-state index contributed by atoms with van der Waals surface area (Å²) in [7, 11) is 0. The lowest BCUT2D eigenvalue weighted by molar-refractivity contribution is 0.622. The number of aryl methyl sites for hydroxylation is 3. The fourth-order valence-corrected chi connectivity index (χ4v) is 2.47. The van der Waals surface area contributed by atoms with Crippen LogP contribution in [0.5, 0.6) is 0 Å². The molecule has 1 aliphatic carbocycles. The van der Waals surface area contributed by atoms with Gasteiger partial charge in [0, 0.05) is 0 Å². The van der Waals surface area contributed by atoms with Crippen molar-refractivity contribution >= 4 is 0 Å². The van der Waals surface area contributed by atoms with Crippen LogP contribution in [0.1, 0.15) is 49.8 Å². The minimum atomic E-state index is 0.796. The van der Waals surface area contributed by atoms with Gasteiger partial charge in [-0.25, -0.2) is 0 Å². The molecule has 0 aromatic heterocycles. The Morgan fingerprint density at radius 2 is 1.32 bits per heavy atom. The molecule has 0 bridgehead atoms. The Labute approximate surface area is 155 Å². The van der Waals surface area contributed by atoms with Gasteiger partial charge in [-0.05, 0) is 46.0 Å². The summed E-state index contributed by atoms with van der Waals surface area (Å²) < 4.78 is 0. The third kappa shape index (κ3) is 9.72. The summed E-state index contributed by atoms with van der Waals surface area (Å²) in [5.41, 5.74) is 5.61. The molecule has 1 aliphatic rings. The summed E-state index contributed by atoms with van der Waals surface area (Å²) >= 11 is 0. The highest BCUT2D eigenvalue weighted by Gasteiger charge is 2.05. The Morgan fingerprint density at radius 1 is 0.800 bits per heavy atom. The highest BCUT2D eigenvalue weighted by atomic mass is 14.1. The average molecular weight is 335 g/mol. The van der Waals surface area contributed by atoms with Gasteiger partial charge in [-0.15, -0.1) is 0 Å². The summed E-state index contributed by atoms with van der Waals surface area (Å²) in [5.74, 6) is 0.796. The van der Waals surface area contributed by atoms with Gasteiger partial charge in [0.15, 0.2) is 0 Å². The van der Waals surface area contributed by atoms with Crippen LogP contribution in [0.25, 0.3) is 0 Å². The lowest BCUT2D eigenvalue weighted by atomic mass is 9.92. The third-order valence-corrected chi connectivity index (χ3v) is 4.45. The molecular weight excluding hydrogens is 300 g/mol. The van der Waals surface area contributed by atoms with Crippen molar-refractivity contribution in [1.82, 2.24) is 0 Å². The Balaban J connectivity index is 0.000000191. The highest BCUT2D eigenvalue weighted by Crippen LogP contribution is 2.22. The SMILES string of the molecule is CCC(C)C1=CC=CCC1.Cc1ccc(C)cc1.Cc1ccccc1. The Bertz CT molecular complexity index is 608.